The minimum Gasteiger partial charge on any atom is -0.358 e. The van der Waals surface area contributed by atoms with Gasteiger partial charge in [0.15, 0.2) is 0 Å². The normalized spacial score (nSPS) is 4.00. The molecule has 0 atom stereocenters. The average Bonchev–Trinajstić information content (AvgIpc) is 0.811. The molecule has 0 aliphatic rings. The van der Waals surface area contributed by atoms with E-state index in [1.807, 2.05) is 0 Å². The molecule has 0 nitrogen and oxygen atoms in total. The van der Waals surface area contributed by atoms with Gasteiger partial charge in [0.1, 0.15) is 0 Å². The largest absolute Gasteiger partial charge is 0.358 e. The molecule has 0 saturated heterocycles. The molecule has 0 fully saturated rings. The first-order chi connectivity index (χ1) is 1.73. The second kappa shape index (κ2) is 35.5. The third-order valence-electron chi connectivity index (χ3n) is 0. The van der Waals surface area contributed by atoms with Crippen LogP contribution in [0.2, 0.25) is 0 Å². The Balaban J connectivity index is -0.00000000450. The summed E-state index contributed by atoms with van der Waals surface area (Å²) in [6.45, 7) is 6.25. The third kappa shape index (κ3) is 377. The average molecular weight is 209 g/mol. The molecule has 0 spiro atoms. The molecule has 0 aromatic rings. The Morgan fingerprint density at radius 1 is 0.778 bits per heavy atom. The summed E-state index contributed by atoms with van der Waals surface area (Å²) in [6.07, 6.45) is 0. The number of hydrogen-bond donors (Lipinski definition) is 0. The molecule has 1 heteroatoms. The molecule has 0 aliphatic heterocycles. The zero-order chi connectivity index (χ0) is 3.58. The van der Waals surface area contributed by atoms with Gasteiger partial charge in [-0.2, -0.15) is 20.8 Å². The minimum absolute atomic E-state index is 0. The molecule has 1 radical (unpaired) electrons. The van der Waals surface area contributed by atoms with Crippen molar-refractivity contribution in [1.29, 1.82) is 0 Å². The fraction of sp³-hybridized carbons (Fsp3) is 0.750. The second-order valence-electron chi connectivity index (χ2n) is 1.50. The predicted octanol–water partition coefficient (Wildman–Crippen LogP) is 3.98. The summed E-state index contributed by atoms with van der Waals surface area (Å²) in [5, 5.41) is 0. The molecule has 0 rings (SSSR count). The molecule has 0 heterocycles. The number of hydrogen-bond acceptors (Lipinski definition) is 0. The van der Waals surface area contributed by atoms with Crippen LogP contribution >= 0.6 is 0 Å². The summed E-state index contributed by atoms with van der Waals surface area (Å²) in [6, 6.07) is 0. The van der Waals surface area contributed by atoms with E-state index in [0.29, 0.717) is 0 Å². The van der Waals surface area contributed by atoms with Gasteiger partial charge in [0.05, 0.1) is 0 Å². The van der Waals surface area contributed by atoms with Gasteiger partial charge < -0.3 is 13.3 Å². The topological polar surface area (TPSA) is 0 Å². The summed E-state index contributed by atoms with van der Waals surface area (Å²) in [4.78, 5) is 0. The first kappa shape index (κ1) is 49.7. The summed E-state index contributed by atoms with van der Waals surface area (Å²) in [5.41, 5.74) is 0. The Labute approximate surface area is 88.7 Å². The van der Waals surface area contributed by atoms with Gasteiger partial charge in [-0.1, -0.05) is 22.3 Å². The third-order valence-corrected chi connectivity index (χ3v) is 0. The van der Waals surface area contributed by atoms with Gasteiger partial charge in [-0.25, -0.2) is 0 Å². The van der Waals surface area contributed by atoms with E-state index < -0.39 is 0 Å². The van der Waals surface area contributed by atoms with Crippen LogP contribution in [-0.2, 0) is 32.7 Å². The summed E-state index contributed by atoms with van der Waals surface area (Å²) >= 11 is 0. The first-order valence-electron chi connectivity index (χ1n) is 1.50. The molecule has 0 amide bonds. The predicted molar refractivity (Wildman–Crippen MR) is 46.9 cm³/mol. The standard InChI is InChI=1S/C4H9.3CH4.CH3.Y/c1-4(2)3;;;;;/h1-3H3;3*1H4;1H3;/q-1;;;;-1;. The van der Waals surface area contributed by atoms with Crippen LogP contribution in [0.1, 0.15) is 43.1 Å². The van der Waals surface area contributed by atoms with Gasteiger partial charge in [-0.05, 0) is 0 Å². The molecule has 0 saturated carbocycles. The van der Waals surface area contributed by atoms with Crippen molar-refractivity contribution in [3.8, 4) is 0 Å². The molecule has 61 valence electrons. The second-order valence-corrected chi connectivity index (χ2v) is 1.50. The van der Waals surface area contributed by atoms with E-state index >= 15 is 0 Å². The van der Waals surface area contributed by atoms with Gasteiger partial charge in [-0.15, -0.1) is 0 Å². The van der Waals surface area contributed by atoms with E-state index in [1.165, 1.54) is 5.92 Å². The first-order valence-corrected chi connectivity index (χ1v) is 1.50. The quantitative estimate of drug-likeness (QED) is 0.529. The maximum Gasteiger partial charge on any atom is 0 e. The van der Waals surface area contributed by atoms with Crippen molar-refractivity contribution in [2.24, 2.45) is 0 Å². The molecule has 0 N–H and O–H groups in total. The van der Waals surface area contributed by atoms with Crippen molar-refractivity contribution in [1.82, 2.24) is 0 Å². The minimum atomic E-state index is 0. The van der Waals surface area contributed by atoms with E-state index in [-0.39, 0.29) is 62.4 Å². The molecule has 0 unspecified atom stereocenters. The summed E-state index contributed by atoms with van der Waals surface area (Å²) in [5.74, 6) is 1.42. The van der Waals surface area contributed by atoms with Crippen LogP contribution in [0.4, 0.5) is 0 Å². The van der Waals surface area contributed by atoms with Crippen molar-refractivity contribution >= 4 is 0 Å². The molecular formula is C8H24Y-2. The van der Waals surface area contributed by atoms with Crippen molar-refractivity contribution in [2.45, 2.75) is 43.1 Å². The fourth-order valence-electron chi connectivity index (χ4n) is 0. The van der Waals surface area contributed by atoms with Gasteiger partial charge in [0.25, 0.3) is 0 Å². The van der Waals surface area contributed by atoms with Gasteiger partial charge >= 0.3 is 0 Å². The van der Waals surface area contributed by atoms with Crippen molar-refractivity contribution < 1.29 is 32.7 Å². The van der Waals surface area contributed by atoms with Crippen molar-refractivity contribution in [3.63, 3.8) is 0 Å². The van der Waals surface area contributed by atoms with E-state index in [1.54, 1.807) is 0 Å². The van der Waals surface area contributed by atoms with Gasteiger partial charge in [-0.3, -0.25) is 0 Å². The van der Waals surface area contributed by atoms with Crippen molar-refractivity contribution in [2.75, 3.05) is 0 Å². The van der Waals surface area contributed by atoms with Crippen LogP contribution in [0.15, 0.2) is 0 Å². The molecule has 0 aliphatic carbocycles. The molecule has 0 bridgehead atoms. The molecule has 0 aromatic carbocycles. The maximum absolute atomic E-state index is 2.08. The Kier molecular flexibility index (Phi) is 196. The van der Waals surface area contributed by atoms with Crippen LogP contribution in [0, 0.1) is 13.3 Å². The van der Waals surface area contributed by atoms with Gasteiger partial charge in [0, 0.05) is 32.7 Å². The van der Waals surface area contributed by atoms with Crippen LogP contribution in [0.25, 0.3) is 0 Å². The zero-order valence-electron chi connectivity index (χ0n) is 5.08. The summed E-state index contributed by atoms with van der Waals surface area (Å²) in [7, 11) is 0. The maximum atomic E-state index is 2.08. The Hall–Kier alpha value is 1.10. The van der Waals surface area contributed by atoms with Crippen LogP contribution in [0.5, 0.6) is 0 Å². The van der Waals surface area contributed by atoms with Gasteiger partial charge in [0.2, 0.25) is 0 Å². The van der Waals surface area contributed by atoms with Crippen LogP contribution in [-0.4, -0.2) is 0 Å². The molecule has 0 aromatic heterocycles. The fourth-order valence-corrected chi connectivity index (χ4v) is 0. The zero-order valence-corrected chi connectivity index (χ0v) is 7.92. The van der Waals surface area contributed by atoms with E-state index in [9.17, 15) is 0 Å². The Morgan fingerprint density at radius 3 is 0.778 bits per heavy atom. The van der Waals surface area contributed by atoms with Crippen molar-refractivity contribution in [3.05, 3.63) is 13.3 Å². The van der Waals surface area contributed by atoms with E-state index in [4.69, 9.17) is 0 Å². The molecule has 9 heavy (non-hydrogen) atoms. The van der Waals surface area contributed by atoms with Crippen LogP contribution < -0.4 is 0 Å². The van der Waals surface area contributed by atoms with E-state index in [0.717, 1.165) is 0 Å². The van der Waals surface area contributed by atoms with Crippen LogP contribution in [0.3, 0.4) is 0 Å². The molecular weight excluding hydrogens is 185 g/mol. The Morgan fingerprint density at radius 2 is 0.778 bits per heavy atom. The smallest absolute Gasteiger partial charge is 0 e. The monoisotopic (exact) mass is 209 g/mol. The number of rotatable bonds is 0. The Bertz CT molecular complexity index is 9.28. The SMILES string of the molecule is C.C.C.C[C-](C)C.[CH3-].[Y]. The summed E-state index contributed by atoms with van der Waals surface area (Å²) < 4.78 is 0. The van der Waals surface area contributed by atoms with E-state index in [2.05, 4.69) is 20.8 Å².